The van der Waals surface area contributed by atoms with Crippen molar-refractivity contribution in [2.24, 2.45) is 0 Å². The van der Waals surface area contributed by atoms with Gasteiger partial charge in [0, 0.05) is 5.69 Å². The van der Waals surface area contributed by atoms with E-state index in [0.717, 1.165) is 11.1 Å². The van der Waals surface area contributed by atoms with Crippen LogP contribution >= 0.6 is 0 Å². The van der Waals surface area contributed by atoms with Crippen molar-refractivity contribution in [3.05, 3.63) is 77.4 Å². The second-order valence-corrected chi connectivity index (χ2v) is 6.64. The Morgan fingerprint density at radius 2 is 2.07 bits per heavy atom. The molecule has 1 aliphatic rings. The second-order valence-electron chi connectivity index (χ2n) is 6.64. The fourth-order valence-electron chi connectivity index (χ4n) is 3.15. The molecule has 1 aromatic heterocycles. The van der Waals surface area contributed by atoms with Crippen molar-refractivity contribution in [2.75, 3.05) is 5.32 Å². The number of anilines is 1. The van der Waals surface area contributed by atoms with Crippen LogP contribution in [0.1, 0.15) is 28.0 Å². The number of aryl methyl sites for hydroxylation is 1. The van der Waals surface area contributed by atoms with E-state index >= 15 is 0 Å². The minimum atomic E-state index is -0.734. The van der Waals surface area contributed by atoms with E-state index in [0.29, 0.717) is 25.1 Å². The number of hydrogen-bond donors (Lipinski definition) is 2. The zero-order valence-electron chi connectivity index (χ0n) is 14.9. The normalized spacial score (nSPS) is 16.0. The highest BCUT2D eigenvalue weighted by Gasteiger charge is 2.26. The standard InChI is InChI=1S/C20H18FN5O2/c21-15-8-6-14-7-9-16(19(27)23-17(14)10-15)22-20(28)18-12-26(25-24-18)11-13-4-2-1-3-5-13/h1-6,8,10,12,16H,7,9,11H2,(H,22,28)(H,23,27)/t16-/m0/s1. The molecule has 2 amide bonds. The average Bonchev–Trinajstić information content (AvgIpc) is 3.09. The fraction of sp³-hybridized carbons (Fsp3) is 0.200. The third kappa shape index (κ3) is 3.90. The summed E-state index contributed by atoms with van der Waals surface area (Å²) in [7, 11) is 0. The van der Waals surface area contributed by atoms with Crippen LogP contribution in [0, 0.1) is 5.82 Å². The van der Waals surface area contributed by atoms with Gasteiger partial charge in [0.1, 0.15) is 11.9 Å². The van der Waals surface area contributed by atoms with Crippen LogP contribution in [0.15, 0.2) is 54.7 Å². The lowest BCUT2D eigenvalue weighted by Gasteiger charge is -2.14. The van der Waals surface area contributed by atoms with Crippen molar-refractivity contribution in [1.82, 2.24) is 20.3 Å². The number of carbonyl (C=O) groups is 2. The number of halogens is 1. The molecule has 7 nitrogen and oxygen atoms in total. The summed E-state index contributed by atoms with van der Waals surface area (Å²) in [4.78, 5) is 24.9. The Morgan fingerprint density at radius 3 is 2.89 bits per heavy atom. The zero-order chi connectivity index (χ0) is 19.5. The van der Waals surface area contributed by atoms with Gasteiger partial charge in [-0.15, -0.1) is 5.10 Å². The van der Waals surface area contributed by atoms with Gasteiger partial charge < -0.3 is 10.6 Å². The summed E-state index contributed by atoms with van der Waals surface area (Å²) in [6, 6.07) is 13.2. The molecule has 28 heavy (non-hydrogen) atoms. The molecule has 1 atom stereocenters. The van der Waals surface area contributed by atoms with Crippen LogP contribution in [-0.4, -0.2) is 32.9 Å². The number of aromatic nitrogens is 3. The predicted molar refractivity (Wildman–Crippen MR) is 100 cm³/mol. The molecule has 0 radical (unpaired) electrons. The fourth-order valence-corrected chi connectivity index (χ4v) is 3.15. The van der Waals surface area contributed by atoms with Crippen LogP contribution in [0.3, 0.4) is 0 Å². The second kappa shape index (κ2) is 7.59. The molecule has 0 bridgehead atoms. The third-order valence-corrected chi connectivity index (χ3v) is 4.61. The summed E-state index contributed by atoms with van der Waals surface area (Å²) in [6.45, 7) is 0.492. The number of hydrogen-bond acceptors (Lipinski definition) is 4. The molecule has 1 aliphatic heterocycles. The maximum absolute atomic E-state index is 13.4. The van der Waals surface area contributed by atoms with Gasteiger partial charge >= 0.3 is 0 Å². The highest BCUT2D eigenvalue weighted by atomic mass is 19.1. The molecular weight excluding hydrogens is 361 g/mol. The van der Waals surface area contributed by atoms with Crippen molar-refractivity contribution in [3.63, 3.8) is 0 Å². The highest BCUT2D eigenvalue weighted by molar-refractivity contribution is 6.01. The van der Waals surface area contributed by atoms with Gasteiger partial charge in [-0.2, -0.15) is 0 Å². The molecule has 0 saturated carbocycles. The van der Waals surface area contributed by atoms with Crippen molar-refractivity contribution in [1.29, 1.82) is 0 Å². The smallest absolute Gasteiger partial charge is 0.274 e. The van der Waals surface area contributed by atoms with Crippen molar-refractivity contribution in [2.45, 2.75) is 25.4 Å². The van der Waals surface area contributed by atoms with Gasteiger partial charge in [-0.3, -0.25) is 9.59 Å². The maximum Gasteiger partial charge on any atom is 0.274 e. The van der Waals surface area contributed by atoms with Gasteiger partial charge in [0.2, 0.25) is 5.91 Å². The lowest BCUT2D eigenvalue weighted by Crippen LogP contribution is -2.43. The molecule has 4 rings (SSSR count). The van der Waals surface area contributed by atoms with E-state index in [-0.39, 0.29) is 11.6 Å². The molecule has 0 saturated heterocycles. The number of carbonyl (C=O) groups excluding carboxylic acids is 2. The number of nitrogens with zero attached hydrogens (tertiary/aromatic N) is 3. The van der Waals surface area contributed by atoms with E-state index < -0.39 is 17.8 Å². The maximum atomic E-state index is 13.4. The molecule has 0 spiro atoms. The molecule has 2 aromatic carbocycles. The van der Waals surface area contributed by atoms with E-state index in [1.54, 1.807) is 16.9 Å². The van der Waals surface area contributed by atoms with Gasteiger partial charge in [-0.1, -0.05) is 41.6 Å². The van der Waals surface area contributed by atoms with Gasteiger partial charge in [0.15, 0.2) is 5.69 Å². The molecule has 8 heteroatoms. The number of rotatable bonds is 4. The monoisotopic (exact) mass is 379 g/mol. The Morgan fingerprint density at radius 1 is 1.25 bits per heavy atom. The first-order valence-corrected chi connectivity index (χ1v) is 8.93. The van der Waals surface area contributed by atoms with Crippen LogP contribution < -0.4 is 10.6 Å². The molecule has 142 valence electrons. The first-order valence-electron chi connectivity index (χ1n) is 8.93. The minimum Gasteiger partial charge on any atom is -0.339 e. The van der Waals surface area contributed by atoms with Crippen LogP contribution in [-0.2, 0) is 17.8 Å². The van der Waals surface area contributed by atoms with Gasteiger partial charge in [-0.05, 0) is 36.1 Å². The number of nitrogens with one attached hydrogen (secondary N) is 2. The predicted octanol–water partition coefficient (Wildman–Crippen LogP) is 2.15. The van der Waals surface area contributed by atoms with E-state index in [2.05, 4.69) is 20.9 Å². The summed E-state index contributed by atoms with van der Waals surface area (Å²) in [5, 5.41) is 13.2. The number of amides is 2. The van der Waals surface area contributed by atoms with Crippen molar-refractivity contribution in [3.8, 4) is 0 Å². The van der Waals surface area contributed by atoms with Gasteiger partial charge in [0.25, 0.3) is 5.91 Å². The van der Waals surface area contributed by atoms with Crippen LogP contribution in [0.25, 0.3) is 0 Å². The van der Waals surface area contributed by atoms with Crippen LogP contribution in [0.2, 0.25) is 0 Å². The quantitative estimate of drug-likeness (QED) is 0.727. The Bertz CT molecular complexity index is 1020. The Balaban J connectivity index is 1.42. The molecule has 0 fully saturated rings. The lowest BCUT2D eigenvalue weighted by atomic mass is 10.1. The van der Waals surface area contributed by atoms with E-state index in [4.69, 9.17) is 0 Å². The van der Waals surface area contributed by atoms with Crippen LogP contribution in [0.5, 0.6) is 0 Å². The van der Waals surface area contributed by atoms with E-state index in [1.165, 1.54) is 12.1 Å². The molecule has 3 aromatic rings. The molecule has 2 N–H and O–H groups in total. The van der Waals surface area contributed by atoms with Crippen LogP contribution in [0.4, 0.5) is 10.1 Å². The minimum absolute atomic E-state index is 0.136. The Hall–Kier alpha value is -3.55. The molecule has 2 heterocycles. The molecular formula is C20H18FN5O2. The number of benzene rings is 2. The van der Waals surface area contributed by atoms with E-state index in [9.17, 15) is 14.0 Å². The third-order valence-electron chi connectivity index (χ3n) is 4.61. The first kappa shape index (κ1) is 17.8. The van der Waals surface area contributed by atoms with Gasteiger partial charge in [0.05, 0.1) is 12.7 Å². The van der Waals surface area contributed by atoms with Crippen molar-refractivity contribution < 1.29 is 14.0 Å². The molecule has 0 unspecified atom stereocenters. The Labute approximate surface area is 160 Å². The summed E-state index contributed by atoms with van der Waals surface area (Å²) < 4.78 is 15.0. The zero-order valence-corrected chi connectivity index (χ0v) is 14.9. The summed E-state index contributed by atoms with van der Waals surface area (Å²) in [5.41, 5.74) is 2.44. The summed E-state index contributed by atoms with van der Waals surface area (Å²) in [5.74, 6) is -1.28. The van der Waals surface area contributed by atoms with E-state index in [1.807, 2.05) is 30.3 Å². The summed E-state index contributed by atoms with van der Waals surface area (Å²) >= 11 is 0. The summed E-state index contributed by atoms with van der Waals surface area (Å²) in [6.07, 6.45) is 2.50. The topological polar surface area (TPSA) is 88.9 Å². The Kier molecular flexibility index (Phi) is 4.84. The SMILES string of the molecule is O=C(N[C@H]1CCc2ccc(F)cc2NC1=O)c1cn(Cc2ccccc2)nn1. The average molecular weight is 379 g/mol. The van der Waals surface area contributed by atoms with Crippen molar-refractivity contribution >= 4 is 17.5 Å². The lowest BCUT2D eigenvalue weighted by molar-refractivity contribution is -0.118. The highest BCUT2D eigenvalue weighted by Crippen LogP contribution is 2.23. The first-order chi connectivity index (χ1) is 13.6. The largest absolute Gasteiger partial charge is 0.339 e. The number of fused-ring (bicyclic) bond motifs is 1. The molecule has 0 aliphatic carbocycles. The van der Waals surface area contributed by atoms with Gasteiger partial charge in [-0.25, -0.2) is 9.07 Å².